The van der Waals surface area contributed by atoms with Gasteiger partial charge in [0.15, 0.2) is 6.10 Å². The van der Waals surface area contributed by atoms with Crippen LogP contribution in [0.5, 0.6) is 5.75 Å². The molecule has 0 spiro atoms. The topological polar surface area (TPSA) is 125 Å². The molecule has 0 aromatic heterocycles. The number of nitrogens with zero attached hydrogens (tertiary/aromatic N) is 2. The predicted octanol–water partition coefficient (Wildman–Crippen LogP) is 0.902. The Hall–Kier alpha value is -3.44. The molecule has 0 bridgehead atoms. The molecule has 1 atom stereocenters. The number of para-hydroxylation sites is 2. The number of fused-ring (bicyclic) bond motifs is 1. The van der Waals surface area contributed by atoms with Crippen LogP contribution in [0.15, 0.2) is 53.4 Å². The second-order valence-corrected chi connectivity index (χ2v) is 9.44. The minimum Gasteiger partial charge on any atom is -0.479 e. The Balaban J connectivity index is 1.59. The molecule has 1 heterocycles. The van der Waals surface area contributed by atoms with Crippen LogP contribution in [-0.2, 0) is 19.6 Å². The van der Waals surface area contributed by atoms with Gasteiger partial charge in [-0.25, -0.2) is 12.7 Å². The molecule has 3 rings (SSSR count). The van der Waals surface area contributed by atoms with E-state index >= 15 is 0 Å². The number of carbonyl (C=O) groups excluding carboxylic acids is 3. The lowest BCUT2D eigenvalue weighted by atomic mass is 10.1. The van der Waals surface area contributed by atoms with Crippen LogP contribution >= 0.6 is 0 Å². The summed E-state index contributed by atoms with van der Waals surface area (Å²) in [5.74, 6) is -0.893. The number of sulfonamides is 1. The van der Waals surface area contributed by atoms with E-state index in [1.807, 2.05) is 0 Å². The van der Waals surface area contributed by atoms with E-state index in [1.165, 1.54) is 43.3 Å². The van der Waals surface area contributed by atoms with E-state index in [1.54, 1.807) is 31.2 Å². The van der Waals surface area contributed by atoms with Crippen molar-refractivity contribution in [1.29, 1.82) is 0 Å². The van der Waals surface area contributed by atoms with Gasteiger partial charge in [0.2, 0.25) is 15.9 Å². The maximum atomic E-state index is 12.5. The average molecular weight is 461 g/mol. The fraction of sp³-hybridized carbons (Fsp3) is 0.286. The number of amides is 3. The largest absolute Gasteiger partial charge is 0.479 e. The Kier molecular flexibility index (Phi) is 6.80. The highest BCUT2D eigenvalue weighted by Gasteiger charge is 2.31. The second kappa shape index (κ2) is 9.37. The van der Waals surface area contributed by atoms with Crippen molar-refractivity contribution in [1.82, 2.24) is 15.2 Å². The monoisotopic (exact) mass is 460 g/mol. The van der Waals surface area contributed by atoms with Crippen LogP contribution in [0, 0.1) is 0 Å². The Morgan fingerprint density at radius 2 is 1.81 bits per heavy atom. The third-order valence-electron chi connectivity index (χ3n) is 4.83. The van der Waals surface area contributed by atoms with Crippen molar-refractivity contribution in [3.05, 3.63) is 54.1 Å². The van der Waals surface area contributed by atoms with Crippen LogP contribution in [-0.4, -0.2) is 57.2 Å². The summed E-state index contributed by atoms with van der Waals surface area (Å²) in [6, 6.07) is 12.5. The fourth-order valence-electron chi connectivity index (χ4n) is 3.07. The summed E-state index contributed by atoms with van der Waals surface area (Å²) in [6.45, 7) is 1.73. The number of hydrogen-bond acceptors (Lipinski definition) is 6. The zero-order valence-electron chi connectivity index (χ0n) is 17.9. The van der Waals surface area contributed by atoms with Gasteiger partial charge in [-0.15, -0.1) is 0 Å². The number of rotatable bonds is 6. The van der Waals surface area contributed by atoms with Gasteiger partial charge in [-0.2, -0.15) is 0 Å². The van der Waals surface area contributed by atoms with Crippen LogP contribution in [0.2, 0.25) is 0 Å². The lowest BCUT2D eigenvalue weighted by molar-refractivity contribution is -0.125. The maximum absolute atomic E-state index is 12.5. The molecule has 2 N–H and O–H groups in total. The Bertz CT molecular complexity index is 1150. The molecule has 0 saturated carbocycles. The third kappa shape index (κ3) is 4.89. The number of benzene rings is 2. The second-order valence-electron chi connectivity index (χ2n) is 7.29. The summed E-state index contributed by atoms with van der Waals surface area (Å²) in [7, 11) is -0.922. The van der Waals surface area contributed by atoms with E-state index in [2.05, 4.69) is 10.9 Å². The van der Waals surface area contributed by atoms with Crippen molar-refractivity contribution in [3.8, 4) is 5.75 Å². The molecule has 170 valence electrons. The molecule has 0 aliphatic carbocycles. The molecule has 3 amide bonds. The normalized spacial score (nSPS) is 15.7. The maximum Gasteiger partial charge on any atom is 0.269 e. The van der Waals surface area contributed by atoms with E-state index in [0.29, 0.717) is 11.4 Å². The van der Waals surface area contributed by atoms with Crippen LogP contribution in [0.3, 0.4) is 0 Å². The summed E-state index contributed by atoms with van der Waals surface area (Å²) < 4.78 is 31.1. The zero-order chi connectivity index (χ0) is 23.5. The third-order valence-corrected chi connectivity index (χ3v) is 6.64. The number of hydrazine groups is 1. The van der Waals surface area contributed by atoms with Gasteiger partial charge in [-0.1, -0.05) is 18.2 Å². The zero-order valence-corrected chi connectivity index (χ0v) is 18.7. The fourth-order valence-corrected chi connectivity index (χ4v) is 4.02. The minimum atomic E-state index is -3.70. The first kappa shape index (κ1) is 23.2. The van der Waals surface area contributed by atoms with E-state index in [9.17, 15) is 22.8 Å². The molecule has 2 aromatic rings. The molecule has 1 aliphatic heterocycles. The Morgan fingerprint density at radius 1 is 1.09 bits per heavy atom. The van der Waals surface area contributed by atoms with Crippen LogP contribution in [0.25, 0.3) is 0 Å². The smallest absolute Gasteiger partial charge is 0.269 e. The molecule has 0 unspecified atom stereocenters. The molecule has 0 radical (unpaired) electrons. The summed E-state index contributed by atoms with van der Waals surface area (Å²) in [4.78, 5) is 38.5. The van der Waals surface area contributed by atoms with Gasteiger partial charge in [-0.05, 0) is 37.3 Å². The Labute approximate surface area is 186 Å². The number of carbonyl (C=O) groups is 3. The van der Waals surface area contributed by atoms with Crippen molar-refractivity contribution in [2.45, 2.75) is 24.3 Å². The molecule has 0 fully saturated rings. The molecule has 11 heteroatoms. The Morgan fingerprint density at radius 3 is 2.53 bits per heavy atom. The summed E-state index contributed by atoms with van der Waals surface area (Å²) in [5.41, 5.74) is 5.19. The van der Waals surface area contributed by atoms with E-state index < -0.39 is 27.9 Å². The van der Waals surface area contributed by atoms with E-state index in [4.69, 9.17) is 4.74 Å². The van der Waals surface area contributed by atoms with Gasteiger partial charge < -0.3 is 9.64 Å². The molecular weight excluding hydrogens is 436 g/mol. The van der Waals surface area contributed by atoms with Crippen molar-refractivity contribution in [3.63, 3.8) is 0 Å². The van der Waals surface area contributed by atoms with Gasteiger partial charge in [0.1, 0.15) is 5.75 Å². The van der Waals surface area contributed by atoms with Gasteiger partial charge in [0, 0.05) is 32.6 Å². The highest BCUT2D eigenvalue weighted by molar-refractivity contribution is 7.89. The number of ether oxygens (including phenoxy) is 1. The molecule has 10 nitrogen and oxygen atoms in total. The molecule has 0 saturated heterocycles. The molecule has 1 aliphatic rings. The summed E-state index contributed by atoms with van der Waals surface area (Å²) in [6.07, 6.45) is -0.736. The first-order valence-electron chi connectivity index (χ1n) is 9.80. The van der Waals surface area contributed by atoms with Crippen LogP contribution < -0.4 is 20.5 Å². The number of nitrogens with one attached hydrogen (secondary N) is 2. The molecular formula is C21H24N4O6S. The lowest BCUT2D eigenvalue weighted by Crippen LogP contribution is -2.47. The summed E-state index contributed by atoms with van der Waals surface area (Å²) >= 11 is 0. The van der Waals surface area contributed by atoms with Gasteiger partial charge in [0.05, 0.1) is 10.6 Å². The van der Waals surface area contributed by atoms with Crippen molar-refractivity contribution in [2.75, 3.05) is 25.5 Å². The van der Waals surface area contributed by atoms with E-state index in [-0.39, 0.29) is 29.3 Å². The molecule has 2 aromatic carbocycles. The van der Waals surface area contributed by atoms with Gasteiger partial charge in [-0.3, -0.25) is 25.2 Å². The number of hydrogen-bond donors (Lipinski definition) is 2. The highest BCUT2D eigenvalue weighted by atomic mass is 32.2. The van der Waals surface area contributed by atoms with Crippen LogP contribution in [0.1, 0.15) is 23.7 Å². The quantitative estimate of drug-likeness (QED) is 0.617. The first-order valence-corrected chi connectivity index (χ1v) is 11.2. The van der Waals surface area contributed by atoms with Crippen LogP contribution in [0.4, 0.5) is 5.69 Å². The van der Waals surface area contributed by atoms with Crippen molar-refractivity contribution in [2.24, 2.45) is 0 Å². The lowest BCUT2D eigenvalue weighted by Gasteiger charge is -2.32. The highest BCUT2D eigenvalue weighted by Crippen LogP contribution is 2.33. The van der Waals surface area contributed by atoms with E-state index in [0.717, 1.165) is 4.31 Å². The van der Waals surface area contributed by atoms with Crippen molar-refractivity contribution >= 4 is 33.4 Å². The van der Waals surface area contributed by atoms with Crippen molar-refractivity contribution < 1.29 is 27.5 Å². The number of anilines is 1. The SMILES string of the molecule is C[C@H]1Oc2ccccc2N(CCC(=O)NNC(=O)c2cccc(S(=O)(=O)N(C)C)c2)C1=O. The first-order chi connectivity index (χ1) is 15.1. The standard InChI is InChI=1S/C21H24N4O6S/c1-14-21(28)25(17-9-4-5-10-18(17)31-14)12-11-19(26)22-23-20(27)15-7-6-8-16(13-15)32(29,30)24(2)3/h4-10,13-14H,11-12H2,1-3H3,(H,22,26)(H,23,27)/t14-/m1/s1. The average Bonchev–Trinajstić information content (AvgIpc) is 2.77. The summed E-state index contributed by atoms with van der Waals surface area (Å²) in [5, 5.41) is 0. The predicted molar refractivity (Wildman–Crippen MR) is 116 cm³/mol. The molecule has 32 heavy (non-hydrogen) atoms. The van der Waals surface area contributed by atoms with Gasteiger partial charge in [0.25, 0.3) is 11.8 Å². The van der Waals surface area contributed by atoms with Gasteiger partial charge >= 0.3 is 0 Å². The minimum absolute atomic E-state index is 0.0416.